The van der Waals surface area contributed by atoms with Gasteiger partial charge in [-0.05, 0) is 53.6 Å². The molecule has 0 spiro atoms. The molecule has 0 aliphatic heterocycles. The Morgan fingerprint density at radius 2 is 2.12 bits per heavy atom. The van der Waals surface area contributed by atoms with Crippen molar-refractivity contribution in [3.05, 3.63) is 33.7 Å². The maximum atomic E-state index is 4.65. The van der Waals surface area contributed by atoms with Crippen molar-refractivity contribution in [1.82, 2.24) is 9.97 Å². The predicted molar refractivity (Wildman–Crippen MR) is 80.1 cm³/mol. The van der Waals surface area contributed by atoms with Gasteiger partial charge in [0.25, 0.3) is 0 Å². The van der Waals surface area contributed by atoms with Gasteiger partial charge in [0.15, 0.2) is 5.65 Å². The average molecular weight is 340 g/mol. The van der Waals surface area contributed by atoms with E-state index in [2.05, 4.69) is 51.6 Å². The maximum Gasteiger partial charge on any atom is 0.159 e. The zero-order valence-corrected chi connectivity index (χ0v) is 12.3. The van der Waals surface area contributed by atoms with Gasteiger partial charge >= 0.3 is 0 Å². The topological polar surface area (TPSA) is 25.8 Å². The third-order valence-corrected chi connectivity index (χ3v) is 3.82. The lowest BCUT2D eigenvalue weighted by atomic mass is 10.1. The molecule has 3 heteroatoms. The first-order chi connectivity index (χ1) is 8.31. The molecule has 2 aromatic rings. The normalized spacial score (nSPS) is 10.9. The van der Waals surface area contributed by atoms with E-state index in [9.17, 15) is 0 Å². The van der Waals surface area contributed by atoms with E-state index in [4.69, 9.17) is 0 Å². The van der Waals surface area contributed by atoms with Crippen molar-refractivity contribution in [2.45, 2.75) is 39.0 Å². The van der Waals surface area contributed by atoms with Crippen LogP contribution in [0.1, 0.15) is 38.3 Å². The standard InChI is InChI=1S/C14H17IN2/c1-2-3-4-5-8-13-12(15)10-11-7-6-9-16-14(11)17-13/h6-7,9-10H,2-5,8H2,1H3. The van der Waals surface area contributed by atoms with Crippen molar-refractivity contribution in [1.29, 1.82) is 0 Å². The number of aryl methyl sites for hydroxylation is 1. The van der Waals surface area contributed by atoms with Crippen LogP contribution >= 0.6 is 22.6 Å². The first-order valence-corrected chi connectivity index (χ1v) is 7.29. The second-order valence-corrected chi connectivity index (χ2v) is 5.44. The van der Waals surface area contributed by atoms with E-state index < -0.39 is 0 Å². The molecule has 0 atom stereocenters. The summed E-state index contributed by atoms with van der Waals surface area (Å²) in [5.41, 5.74) is 2.08. The number of unbranched alkanes of at least 4 members (excludes halogenated alkanes) is 3. The van der Waals surface area contributed by atoms with E-state index in [1.165, 1.54) is 34.9 Å². The number of fused-ring (bicyclic) bond motifs is 1. The van der Waals surface area contributed by atoms with Crippen LogP contribution < -0.4 is 0 Å². The Labute approximate surface area is 116 Å². The Morgan fingerprint density at radius 1 is 1.24 bits per heavy atom. The van der Waals surface area contributed by atoms with Crippen LogP contribution in [0.2, 0.25) is 0 Å². The minimum atomic E-state index is 0.874. The number of rotatable bonds is 5. The molecule has 0 saturated heterocycles. The highest BCUT2D eigenvalue weighted by atomic mass is 127. The highest BCUT2D eigenvalue weighted by molar-refractivity contribution is 14.1. The lowest BCUT2D eigenvalue weighted by Crippen LogP contribution is -1.96. The SMILES string of the molecule is CCCCCCc1nc2ncccc2cc1I. The number of halogens is 1. The summed E-state index contributed by atoms with van der Waals surface area (Å²) in [5, 5.41) is 1.13. The fourth-order valence-electron chi connectivity index (χ4n) is 1.91. The lowest BCUT2D eigenvalue weighted by Gasteiger charge is -2.05. The summed E-state index contributed by atoms with van der Waals surface area (Å²) >= 11 is 2.38. The first-order valence-electron chi connectivity index (χ1n) is 6.21. The highest BCUT2D eigenvalue weighted by Gasteiger charge is 2.04. The summed E-state index contributed by atoms with van der Waals surface area (Å²) < 4.78 is 1.26. The Balaban J connectivity index is 2.14. The van der Waals surface area contributed by atoms with Crippen LogP contribution in [0.15, 0.2) is 24.4 Å². The molecule has 0 saturated carbocycles. The molecule has 0 aliphatic rings. The van der Waals surface area contributed by atoms with Crippen molar-refractivity contribution >= 4 is 33.6 Å². The monoisotopic (exact) mass is 340 g/mol. The molecule has 0 radical (unpaired) electrons. The largest absolute Gasteiger partial charge is 0.237 e. The number of hydrogen-bond acceptors (Lipinski definition) is 2. The quantitative estimate of drug-likeness (QED) is 0.597. The van der Waals surface area contributed by atoms with Crippen LogP contribution in [0.5, 0.6) is 0 Å². The lowest BCUT2D eigenvalue weighted by molar-refractivity contribution is 0.660. The molecule has 0 bridgehead atoms. The number of pyridine rings is 2. The van der Waals surface area contributed by atoms with Crippen LogP contribution in [-0.2, 0) is 6.42 Å². The molecule has 0 aromatic carbocycles. The van der Waals surface area contributed by atoms with Gasteiger partial charge in [0.2, 0.25) is 0 Å². The molecular formula is C14H17IN2. The second kappa shape index (κ2) is 6.28. The summed E-state index contributed by atoms with van der Waals surface area (Å²) in [6, 6.07) is 6.21. The first kappa shape index (κ1) is 12.7. The number of hydrogen-bond donors (Lipinski definition) is 0. The van der Waals surface area contributed by atoms with Crippen LogP contribution in [0.4, 0.5) is 0 Å². The minimum Gasteiger partial charge on any atom is -0.237 e. The van der Waals surface area contributed by atoms with Crippen LogP contribution in [0, 0.1) is 3.57 Å². The molecule has 0 unspecified atom stereocenters. The van der Waals surface area contributed by atoms with Gasteiger partial charge in [0.05, 0.1) is 5.69 Å². The molecule has 90 valence electrons. The van der Waals surface area contributed by atoms with Gasteiger partial charge < -0.3 is 0 Å². The van der Waals surface area contributed by atoms with Crippen molar-refractivity contribution in [3.8, 4) is 0 Å². The van der Waals surface area contributed by atoms with Crippen molar-refractivity contribution < 1.29 is 0 Å². The molecule has 0 aliphatic carbocycles. The third kappa shape index (κ3) is 3.37. The number of aromatic nitrogens is 2. The van der Waals surface area contributed by atoms with E-state index in [0.717, 1.165) is 17.5 Å². The van der Waals surface area contributed by atoms with Gasteiger partial charge in [0.1, 0.15) is 0 Å². The number of nitrogens with zero attached hydrogens (tertiary/aromatic N) is 2. The molecule has 2 aromatic heterocycles. The summed E-state index contributed by atoms with van der Waals surface area (Å²) in [6.45, 7) is 2.24. The van der Waals surface area contributed by atoms with E-state index >= 15 is 0 Å². The minimum absolute atomic E-state index is 0.874. The van der Waals surface area contributed by atoms with E-state index in [0.29, 0.717) is 0 Å². The fourth-order valence-corrected chi connectivity index (χ4v) is 2.64. The van der Waals surface area contributed by atoms with Gasteiger partial charge in [-0.1, -0.05) is 26.2 Å². The van der Waals surface area contributed by atoms with Crippen molar-refractivity contribution in [3.63, 3.8) is 0 Å². The smallest absolute Gasteiger partial charge is 0.159 e. The maximum absolute atomic E-state index is 4.65. The van der Waals surface area contributed by atoms with Gasteiger partial charge in [-0.3, -0.25) is 0 Å². The van der Waals surface area contributed by atoms with Gasteiger partial charge in [-0.25, -0.2) is 9.97 Å². The van der Waals surface area contributed by atoms with Crippen LogP contribution in [0.25, 0.3) is 11.0 Å². The molecule has 2 nitrogen and oxygen atoms in total. The van der Waals surface area contributed by atoms with Crippen LogP contribution in [0.3, 0.4) is 0 Å². The fraction of sp³-hybridized carbons (Fsp3) is 0.429. The van der Waals surface area contributed by atoms with Crippen molar-refractivity contribution in [2.75, 3.05) is 0 Å². The van der Waals surface area contributed by atoms with Gasteiger partial charge in [0, 0.05) is 15.2 Å². The zero-order valence-electron chi connectivity index (χ0n) is 10.1. The Morgan fingerprint density at radius 3 is 2.94 bits per heavy atom. The Bertz CT molecular complexity index is 497. The molecule has 17 heavy (non-hydrogen) atoms. The van der Waals surface area contributed by atoms with E-state index in [1.807, 2.05) is 12.3 Å². The molecule has 2 heterocycles. The Kier molecular flexibility index (Phi) is 4.71. The van der Waals surface area contributed by atoms with Crippen LogP contribution in [-0.4, -0.2) is 9.97 Å². The highest BCUT2D eigenvalue weighted by Crippen LogP contribution is 2.18. The summed E-state index contributed by atoms with van der Waals surface area (Å²) in [6.07, 6.45) is 8.02. The Hall–Kier alpha value is -0.710. The predicted octanol–water partition coefficient (Wildman–Crippen LogP) is 4.36. The summed E-state index contributed by atoms with van der Waals surface area (Å²) in [7, 11) is 0. The molecule has 0 fully saturated rings. The third-order valence-electron chi connectivity index (χ3n) is 2.88. The van der Waals surface area contributed by atoms with Gasteiger partial charge in [-0.15, -0.1) is 0 Å². The van der Waals surface area contributed by atoms with E-state index in [-0.39, 0.29) is 0 Å². The molecule has 0 amide bonds. The molecule has 2 rings (SSSR count). The van der Waals surface area contributed by atoms with Crippen molar-refractivity contribution in [2.24, 2.45) is 0 Å². The molecule has 0 N–H and O–H groups in total. The molecular weight excluding hydrogens is 323 g/mol. The summed E-state index contributed by atoms with van der Waals surface area (Å²) in [5.74, 6) is 0. The second-order valence-electron chi connectivity index (χ2n) is 4.28. The van der Waals surface area contributed by atoms with E-state index in [1.54, 1.807) is 0 Å². The zero-order chi connectivity index (χ0) is 12.1. The average Bonchev–Trinajstić information content (AvgIpc) is 2.35. The summed E-state index contributed by atoms with van der Waals surface area (Å²) in [4.78, 5) is 8.97. The van der Waals surface area contributed by atoms with Gasteiger partial charge in [-0.2, -0.15) is 0 Å².